The lowest BCUT2D eigenvalue weighted by molar-refractivity contribution is -0.384. The molecule has 1 fully saturated rings. The van der Waals surface area contributed by atoms with Crippen LogP contribution in [-0.2, 0) is 22.7 Å². The first-order chi connectivity index (χ1) is 13.9. The summed E-state index contributed by atoms with van der Waals surface area (Å²) in [5, 5.41) is 22.3. The molecule has 3 rings (SSSR count). The molecule has 9 nitrogen and oxygen atoms in total. The molecule has 0 saturated carbocycles. The molecule has 29 heavy (non-hydrogen) atoms. The van der Waals surface area contributed by atoms with Crippen LogP contribution in [0.25, 0.3) is 0 Å². The number of amides is 1. The lowest BCUT2D eigenvalue weighted by Crippen LogP contribution is -2.32. The minimum absolute atomic E-state index is 0.0231. The monoisotopic (exact) mass is 437 g/mol. The SMILES string of the molecule is CC(=O)S[C@H]1C[C@@H](c2nc(CO)cs2)N(C(=O)OCc2ccc([N+](=O)[O-])cc2)C1. The van der Waals surface area contributed by atoms with Crippen molar-refractivity contribution in [3.05, 3.63) is 56.0 Å². The summed E-state index contributed by atoms with van der Waals surface area (Å²) in [6.45, 7) is 1.63. The molecular weight excluding hydrogens is 418 g/mol. The van der Waals surface area contributed by atoms with Crippen LogP contribution in [0.3, 0.4) is 0 Å². The fourth-order valence-electron chi connectivity index (χ4n) is 3.04. The van der Waals surface area contributed by atoms with Crippen molar-refractivity contribution in [3.8, 4) is 0 Å². The molecule has 2 atom stereocenters. The summed E-state index contributed by atoms with van der Waals surface area (Å²) in [6.07, 6.45) is 0.0238. The fraction of sp³-hybridized carbons (Fsp3) is 0.389. The topological polar surface area (TPSA) is 123 Å². The number of hydrogen-bond donors (Lipinski definition) is 1. The Kier molecular flexibility index (Phi) is 6.83. The normalized spacial score (nSPS) is 18.6. The van der Waals surface area contributed by atoms with Gasteiger partial charge in [-0.05, 0) is 24.1 Å². The number of aliphatic hydroxyl groups excluding tert-OH is 1. The molecule has 1 aromatic heterocycles. The molecule has 1 amide bonds. The maximum Gasteiger partial charge on any atom is 0.410 e. The number of nitrogens with zero attached hydrogens (tertiary/aromatic N) is 3. The average molecular weight is 437 g/mol. The number of thioether (sulfide) groups is 1. The number of non-ortho nitro benzene ring substituents is 1. The minimum atomic E-state index is -0.541. The fourth-order valence-corrected chi connectivity index (χ4v) is 4.96. The summed E-state index contributed by atoms with van der Waals surface area (Å²) in [7, 11) is 0. The van der Waals surface area contributed by atoms with Gasteiger partial charge in [-0.15, -0.1) is 11.3 Å². The van der Waals surface area contributed by atoms with Crippen LogP contribution in [0.4, 0.5) is 10.5 Å². The number of carbonyl (C=O) groups is 2. The van der Waals surface area contributed by atoms with Crippen LogP contribution in [-0.4, -0.2) is 42.9 Å². The zero-order chi connectivity index (χ0) is 21.0. The Morgan fingerprint density at radius 1 is 1.41 bits per heavy atom. The largest absolute Gasteiger partial charge is 0.445 e. The highest BCUT2D eigenvalue weighted by Gasteiger charge is 2.39. The number of nitro benzene ring substituents is 1. The van der Waals surface area contributed by atoms with Crippen LogP contribution in [0.2, 0.25) is 0 Å². The molecule has 11 heteroatoms. The van der Waals surface area contributed by atoms with Gasteiger partial charge in [0.15, 0.2) is 5.12 Å². The van der Waals surface area contributed by atoms with Crippen molar-refractivity contribution < 1.29 is 24.4 Å². The molecule has 1 aliphatic rings. The number of aliphatic hydroxyl groups is 1. The summed E-state index contributed by atoms with van der Waals surface area (Å²) < 4.78 is 5.40. The Morgan fingerprint density at radius 2 is 2.14 bits per heavy atom. The second-order valence-electron chi connectivity index (χ2n) is 6.45. The van der Waals surface area contributed by atoms with E-state index < -0.39 is 11.0 Å². The van der Waals surface area contributed by atoms with Gasteiger partial charge in [0, 0.05) is 36.2 Å². The smallest absolute Gasteiger partial charge is 0.410 e. The average Bonchev–Trinajstić information content (AvgIpc) is 3.32. The highest BCUT2D eigenvalue weighted by Crippen LogP contribution is 2.39. The van der Waals surface area contributed by atoms with Crippen molar-refractivity contribution in [1.82, 2.24) is 9.88 Å². The molecule has 0 spiro atoms. The van der Waals surface area contributed by atoms with Crippen LogP contribution >= 0.6 is 23.1 Å². The molecule has 1 N–H and O–H groups in total. The van der Waals surface area contributed by atoms with E-state index in [1.165, 1.54) is 54.3 Å². The van der Waals surface area contributed by atoms with E-state index in [0.717, 1.165) is 0 Å². The van der Waals surface area contributed by atoms with Crippen LogP contribution in [0.15, 0.2) is 29.6 Å². The minimum Gasteiger partial charge on any atom is -0.445 e. The summed E-state index contributed by atoms with van der Waals surface area (Å²) in [6, 6.07) is 5.45. The maximum atomic E-state index is 12.7. The molecule has 0 unspecified atom stereocenters. The first-order valence-electron chi connectivity index (χ1n) is 8.76. The number of aromatic nitrogens is 1. The lowest BCUT2D eigenvalue weighted by atomic mass is 10.2. The van der Waals surface area contributed by atoms with Gasteiger partial charge in [0.05, 0.1) is 23.3 Å². The van der Waals surface area contributed by atoms with Crippen molar-refractivity contribution in [3.63, 3.8) is 0 Å². The highest BCUT2D eigenvalue weighted by atomic mass is 32.2. The van der Waals surface area contributed by atoms with Crippen LogP contribution in [0.5, 0.6) is 0 Å². The third-order valence-electron chi connectivity index (χ3n) is 4.36. The number of hydrogen-bond acceptors (Lipinski definition) is 9. The van der Waals surface area contributed by atoms with E-state index in [1.807, 2.05) is 0 Å². The third-order valence-corrected chi connectivity index (χ3v) is 6.36. The van der Waals surface area contributed by atoms with Gasteiger partial charge in [0.1, 0.15) is 11.6 Å². The van der Waals surface area contributed by atoms with Crippen molar-refractivity contribution in [2.24, 2.45) is 0 Å². The van der Waals surface area contributed by atoms with E-state index in [1.54, 1.807) is 10.3 Å². The molecule has 1 saturated heterocycles. The Hall–Kier alpha value is -2.50. The first kappa shape index (κ1) is 21.2. The molecule has 0 aliphatic carbocycles. The third kappa shape index (κ3) is 5.31. The van der Waals surface area contributed by atoms with E-state index in [-0.39, 0.29) is 35.3 Å². The second kappa shape index (κ2) is 9.33. The maximum absolute atomic E-state index is 12.7. The number of carbonyl (C=O) groups excluding carboxylic acids is 2. The summed E-state index contributed by atoms with van der Waals surface area (Å²) in [5.74, 6) is 0. The molecular formula is C18H19N3O6S2. The van der Waals surface area contributed by atoms with Gasteiger partial charge in [-0.3, -0.25) is 19.8 Å². The van der Waals surface area contributed by atoms with E-state index in [4.69, 9.17) is 4.74 Å². The van der Waals surface area contributed by atoms with Crippen molar-refractivity contribution >= 4 is 40.0 Å². The van der Waals surface area contributed by atoms with Gasteiger partial charge in [-0.2, -0.15) is 0 Å². The molecule has 1 aliphatic heterocycles. The van der Waals surface area contributed by atoms with Crippen LogP contribution in [0.1, 0.15) is 35.7 Å². The Labute approximate surface area is 174 Å². The van der Waals surface area contributed by atoms with Gasteiger partial charge < -0.3 is 9.84 Å². The number of thiazole rings is 1. The van der Waals surface area contributed by atoms with Crippen molar-refractivity contribution in [1.29, 1.82) is 0 Å². The van der Waals surface area contributed by atoms with E-state index in [0.29, 0.717) is 29.2 Å². The highest BCUT2D eigenvalue weighted by molar-refractivity contribution is 8.14. The van der Waals surface area contributed by atoms with Gasteiger partial charge in [0.25, 0.3) is 5.69 Å². The Bertz CT molecular complexity index is 901. The molecule has 0 bridgehead atoms. The second-order valence-corrected chi connectivity index (χ2v) is 8.82. The molecule has 2 heterocycles. The van der Waals surface area contributed by atoms with E-state index >= 15 is 0 Å². The summed E-state index contributed by atoms with van der Waals surface area (Å²) >= 11 is 2.54. The van der Waals surface area contributed by atoms with E-state index in [9.17, 15) is 24.8 Å². The van der Waals surface area contributed by atoms with Gasteiger partial charge >= 0.3 is 6.09 Å². The predicted molar refractivity (Wildman–Crippen MR) is 107 cm³/mol. The van der Waals surface area contributed by atoms with E-state index in [2.05, 4.69) is 4.98 Å². The van der Waals surface area contributed by atoms with Gasteiger partial charge in [0.2, 0.25) is 0 Å². The standard InChI is InChI=1S/C18H19N3O6S2/c1-11(23)29-15-6-16(17-19-13(8-22)10-28-17)20(7-15)18(24)27-9-12-2-4-14(5-3-12)21(25)26/h2-5,10,15-16,22H,6-9H2,1H3/t15-,16-/m0/s1. The zero-order valence-corrected chi connectivity index (χ0v) is 17.1. The molecule has 2 aromatic rings. The molecule has 0 radical (unpaired) electrons. The number of ether oxygens (including phenoxy) is 1. The van der Waals surface area contributed by atoms with Crippen LogP contribution in [0, 0.1) is 10.1 Å². The molecule has 154 valence electrons. The number of likely N-dealkylation sites (tertiary alicyclic amines) is 1. The summed E-state index contributed by atoms with van der Waals surface area (Å²) in [5.41, 5.74) is 1.13. The predicted octanol–water partition coefficient (Wildman–Crippen LogP) is 3.28. The quantitative estimate of drug-likeness (QED) is 0.539. The first-order valence-corrected chi connectivity index (χ1v) is 10.5. The Balaban J connectivity index is 1.69. The van der Waals surface area contributed by atoms with Crippen LogP contribution < -0.4 is 0 Å². The number of rotatable bonds is 6. The number of nitro groups is 1. The summed E-state index contributed by atoms with van der Waals surface area (Å²) in [4.78, 5) is 40.3. The number of benzene rings is 1. The van der Waals surface area contributed by atoms with Crippen molar-refractivity contribution in [2.75, 3.05) is 6.54 Å². The van der Waals surface area contributed by atoms with Gasteiger partial charge in [-0.1, -0.05) is 11.8 Å². The van der Waals surface area contributed by atoms with Crippen molar-refractivity contribution in [2.45, 2.75) is 37.9 Å². The van der Waals surface area contributed by atoms with Gasteiger partial charge in [-0.25, -0.2) is 9.78 Å². The zero-order valence-electron chi connectivity index (χ0n) is 15.5. The molecule has 1 aromatic carbocycles. The Morgan fingerprint density at radius 3 is 2.72 bits per heavy atom. The lowest BCUT2D eigenvalue weighted by Gasteiger charge is -2.22.